The molecule has 0 radical (unpaired) electrons. The third-order valence-electron chi connectivity index (χ3n) is 3.70. The van der Waals surface area contributed by atoms with E-state index in [1.54, 1.807) is 0 Å². The fourth-order valence-electron chi connectivity index (χ4n) is 2.63. The van der Waals surface area contributed by atoms with Crippen molar-refractivity contribution in [3.8, 4) is 0 Å². The Bertz CT molecular complexity index is 759. The van der Waals surface area contributed by atoms with E-state index in [1.165, 1.54) is 21.9 Å². The number of benzene rings is 3. The molecular formula is C19H18BrN. The van der Waals surface area contributed by atoms with Crippen molar-refractivity contribution >= 4 is 32.4 Å². The second-order valence-electron chi connectivity index (χ2n) is 5.49. The molecule has 106 valence electrons. The van der Waals surface area contributed by atoms with Crippen molar-refractivity contribution in [2.45, 2.75) is 19.9 Å². The fraction of sp³-hybridized carbons (Fsp3) is 0.158. The van der Waals surface area contributed by atoms with Gasteiger partial charge in [0.25, 0.3) is 0 Å². The Hall–Kier alpha value is -1.80. The minimum absolute atomic E-state index is 0.267. The third-order valence-corrected chi connectivity index (χ3v) is 4.16. The summed E-state index contributed by atoms with van der Waals surface area (Å²) in [4.78, 5) is 0. The zero-order valence-electron chi connectivity index (χ0n) is 12.2. The van der Waals surface area contributed by atoms with Gasteiger partial charge in [-0.2, -0.15) is 0 Å². The van der Waals surface area contributed by atoms with Crippen molar-refractivity contribution in [2.24, 2.45) is 0 Å². The highest BCUT2D eigenvalue weighted by Crippen LogP contribution is 2.25. The monoisotopic (exact) mass is 339 g/mol. The summed E-state index contributed by atoms with van der Waals surface area (Å²) in [7, 11) is 0. The number of anilines is 1. The minimum atomic E-state index is 0.267. The summed E-state index contributed by atoms with van der Waals surface area (Å²) in [5.74, 6) is 0. The normalized spacial score (nSPS) is 12.3. The number of hydrogen-bond donors (Lipinski definition) is 1. The topological polar surface area (TPSA) is 12.0 Å². The largest absolute Gasteiger partial charge is 0.378 e. The average molecular weight is 340 g/mol. The second kappa shape index (κ2) is 5.90. The van der Waals surface area contributed by atoms with E-state index in [-0.39, 0.29) is 6.04 Å². The van der Waals surface area contributed by atoms with Gasteiger partial charge in [0.05, 0.1) is 0 Å². The zero-order valence-corrected chi connectivity index (χ0v) is 13.8. The molecule has 2 heteroatoms. The number of rotatable bonds is 3. The summed E-state index contributed by atoms with van der Waals surface area (Å²) in [5.41, 5.74) is 3.69. The minimum Gasteiger partial charge on any atom is -0.378 e. The van der Waals surface area contributed by atoms with E-state index in [0.717, 1.165) is 10.2 Å². The molecule has 1 N–H and O–H groups in total. The molecule has 0 spiro atoms. The van der Waals surface area contributed by atoms with Gasteiger partial charge in [-0.05, 0) is 60.0 Å². The molecule has 1 unspecified atom stereocenters. The van der Waals surface area contributed by atoms with Crippen molar-refractivity contribution in [3.05, 3.63) is 76.3 Å². The van der Waals surface area contributed by atoms with Crippen LogP contribution in [-0.2, 0) is 0 Å². The molecule has 0 fully saturated rings. The molecule has 0 bridgehead atoms. The molecule has 1 nitrogen and oxygen atoms in total. The summed E-state index contributed by atoms with van der Waals surface area (Å²) in [5, 5.41) is 6.14. The van der Waals surface area contributed by atoms with Gasteiger partial charge >= 0.3 is 0 Å². The van der Waals surface area contributed by atoms with Crippen LogP contribution < -0.4 is 5.32 Å². The standard InChI is InChI=1S/C19H18BrN/c1-13-9-18(20)12-19(10-13)21-14(2)16-8-7-15-5-3-4-6-17(15)11-16/h3-12,14,21H,1-2H3. The van der Waals surface area contributed by atoms with Gasteiger partial charge in [0, 0.05) is 16.2 Å². The molecule has 3 rings (SSSR count). The first-order valence-electron chi connectivity index (χ1n) is 7.14. The van der Waals surface area contributed by atoms with E-state index < -0.39 is 0 Å². The SMILES string of the molecule is Cc1cc(Br)cc(NC(C)c2ccc3ccccc3c2)c1. The molecule has 0 saturated carbocycles. The Kier molecular flexibility index (Phi) is 3.98. The number of aryl methyl sites for hydroxylation is 1. The van der Waals surface area contributed by atoms with Gasteiger partial charge < -0.3 is 5.32 Å². The van der Waals surface area contributed by atoms with Crippen LogP contribution in [-0.4, -0.2) is 0 Å². The Labute approximate surface area is 134 Å². The predicted molar refractivity (Wildman–Crippen MR) is 94.9 cm³/mol. The van der Waals surface area contributed by atoms with Crippen LogP contribution in [0.4, 0.5) is 5.69 Å². The van der Waals surface area contributed by atoms with Gasteiger partial charge in [-0.15, -0.1) is 0 Å². The van der Waals surface area contributed by atoms with E-state index in [0.29, 0.717) is 0 Å². The van der Waals surface area contributed by atoms with E-state index in [9.17, 15) is 0 Å². The first-order valence-corrected chi connectivity index (χ1v) is 7.93. The fourth-order valence-corrected chi connectivity index (χ4v) is 3.24. The highest BCUT2D eigenvalue weighted by molar-refractivity contribution is 9.10. The molecule has 0 aliphatic heterocycles. The van der Waals surface area contributed by atoms with Crippen LogP contribution in [0.3, 0.4) is 0 Å². The van der Waals surface area contributed by atoms with Crippen molar-refractivity contribution in [1.29, 1.82) is 0 Å². The Morgan fingerprint density at radius 1 is 0.905 bits per heavy atom. The van der Waals surface area contributed by atoms with Crippen LogP contribution >= 0.6 is 15.9 Å². The van der Waals surface area contributed by atoms with E-state index in [2.05, 4.69) is 95.8 Å². The van der Waals surface area contributed by atoms with Crippen molar-refractivity contribution in [2.75, 3.05) is 5.32 Å². The van der Waals surface area contributed by atoms with Crippen LogP contribution in [0, 0.1) is 6.92 Å². The first-order chi connectivity index (χ1) is 10.1. The maximum atomic E-state index is 3.57. The average Bonchev–Trinajstić information content (AvgIpc) is 2.45. The molecule has 0 saturated heterocycles. The van der Waals surface area contributed by atoms with E-state index in [4.69, 9.17) is 0 Å². The zero-order chi connectivity index (χ0) is 14.8. The summed E-state index contributed by atoms with van der Waals surface area (Å²) in [6.07, 6.45) is 0. The van der Waals surface area contributed by atoms with E-state index in [1.807, 2.05) is 0 Å². The number of nitrogens with one attached hydrogen (secondary N) is 1. The van der Waals surface area contributed by atoms with Gasteiger partial charge in [0.1, 0.15) is 0 Å². The predicted octanol–water partition coefficient (Wildman–Crippen LogP) is 6.08. The van der Waals surface area contributed by atoms with E-state index >= 15 is 0 Å². The molecule has 0 aliphatic carbocycles. The quantitative estimate of drug-likeness (QED) is 0.609. The molecule has 0 heterocycles. The lowest BCUT2D eigenvalue weighted by atomic mass is 10.0. The second-order valence-corrected chi connectivity index (χ2v) is 6.41. The molecule has 3 aromatic carbocycles. The van der Waals surface area contributed by atoms with Gasteiger partial charge in [0.2, 0.25) is 0 Å². The molecule has 3 aromatic rings. The number of hydrogen-bond acceptors (Lipinski definition) is 1. The molecule has 21 heavy (non-hydrogen) atoms. The Morgan fingerprint density at radius 2 is 1.67 bits per heavy atom. The Balaban J connectivity index is 1.87. The van der Waals surface area contributed by atoms with Crippen molar-refractivity contribution in [3.63, 3.8) is 0 Å². The van der Waals surface area contributed by atoms with Crippen LogP contribution in [0.15, 0.2) is 65.1 Å². The van der Waals surface area contributed by atoms with Crippen LogP contribution in [0.25, 0.3) is 10.8 Å². The Morgan fingerprint density at radius 3 is 2.43 bits per heavy atom. The van der Waals surface area contributed by atoms with Gasteiger partial charge in [-0.1, -0.05) is 52.3 Å². The summed E-state index contributed by atoms with van der Waals surface area (Å²) < 4.78 is 1.11. The third kappa shape index (κ3) is 3.27. The number of halogens is 1. The lowest BCUT2D eigenvalue weighted by molar-refractivity contribution is 0.886. The molecule has 0 amide bonds. The molecule has 0 aliphatic rings. The smallest absolute Gasteiger partial charge is 0.0485 e. The summed E-state index contributed by atoms with van der Waals surface area (Å²) in [6.45, 7) is 4.30. The maximum absolute atomic E-state index is 3.57. The summed E-state index contributed by atoms with van der Waals surface area (Å²) in [6, 6.07) is 21.8. The van der Waals surface area contributed by atoms with Gasteiger partial charge in [-0.3, -0.25) is 0 Å². The van der Waals surface area contributed by atoms with Crippen LogP contribution in [0.1, 0.15) is 24.1 Å². The lowest BCUT2D eigenvalue weighted by Crippen LogP contribution is -2.06. The number of fused-ring (bicyclic) bond motifs is 1. The van der Waals surface area contributed by atoms with Crippen LogP contribution in [0.5, 0.6) is 0 Å². The molecular weight excluding hydrogens is 322 g/mol. The summed E-state index contributed by atoms with van der Waals surface area (Å²) >= 11 is 3.55. The van der Waals surface area contributed by atoms with Crippen molar-refractivity contribution < 1.29 is 0 Å². The van der Waals surface area contributed by atoms with Crippen molar-refractivity contribution in [1.82, 2.24) is 0 Å². The van der Waals surface area contributed by atoms with Gasteiger partial charge in [-0.25, -0.2) is 0 Å². The highest BCUT2D eigenvalue weighted by atomic mass is 79.9. The maximum Gasteiger partial charge on any atom is 0.0485 e. The molecule has 0 aromatic heterocycles. The van der Waals surface area contributed by atoms with Crippen LogP contribution in [0.2, 0.25) is 0 Å². The first kappa shape index (κ1) is 14.2. The lowest BCUT2D eigenvalue weighted by Gasteiger charge is -2.17. The molecule has 1 atom stereocenters. The van der Waals surface area contributed by atoms with Gasteiger partial charge in [0.15, 0.2) is 0 Å². The highest BCUT2D eigenvalue weighted by Gasteiger charge is 2.07.